The van der Waals surface area contributed by atoms with Gasteiger partial charge >= 0.3 is 6.18 Å². The summed E-state index contributed by atoms with van der Waals surface area (Å²) in [6.45, 7) is 0. The van der Waals surface area contributed by atoms with Crippen molar-refractivity contribution in [3.05, 3.63) is 101 Å². The number of nitrogens with one attached hydrogen (secondary N) is 1. The molecule has 0 saturated carbocycles. The molecule has 0 amide bonds. The van der Waals surface area contributed by atoms with Crippen LogP contribution in [0.3, 0.4) is 0 Å². The molecule has 0 bridgehead atoms. The van der Waals surface area contributed by atoms with Crippen LogP contribution in [-0.4, -0.2) is 22.8 Å². The second-order valence-electron chi connectivity index (χ2n) is 7.49. The van der Waals surface area contributed by atoms with Crippen molar-refractivity contribution in [1.29, 1.82) is 0 Å². The first kappa shape index (κ1) is 19.3. The third-order valence-electron chi connectivity index (χ3n) is 5.60. The van der Waals surface area contributed by atoms with Crippen molar-refractivity contribution in [2.45, 2.75) is 6.18 Å². The van der Waals surface area contributed by atoms with Gasteiger partial charge in [0.15, 0.2) is 6.21 Å². The van der Waals surface area contributed by atoms with E-state index in [9.17, 15) is 17.6 Å². The van der Waals surface area contributed by atoms with Crippen LogP contribution in [0.1, 0.15) is 22.3 Å². The Balaban J connectivity index is 1.82. The summed E-state index contributed by atoms with van der Waals surface area (Å²) in [4.78, 5) is 2.98. The maximum atomic E-state index is 14.3. The van der Waals surface area contributed by atoms with Gasteiger partial charge in [0.05, 0.1) is 22.2 Å². The van der Waals surface area contributed by atoms with Gasteiger partial charge in [-0.05, 0) is 29.8 Å². The van der Waals surface area contributed by atoms with E-state index < -0.39 is 11.7 Å². The van der Waals surface area contributed by atoms with Gasteiger partial charge in [0.2, 0.25) is 5.69 Å². The maximum Gasteiger partial charge on any atom is 0.416 e. The van der Waals surface area contributed by atoms with Gasteiger partial charge in [-0.15, -0.1) is 0 Å². The summed E-state index contributed by atoms with van der Waals surface area (Å²) >= 11 is 0. The van der Waals surface area contributed by atoms with Crippen molar-refractivity contribution in [1.82, 2.24) is 4.98 Å². The van der Waals surface area contributed by atoms with Gasteiger partial charge in [0, 0.05) is 28.8 Å². The van der Waals surface area contributed by atoms with Crippen LogP contribution in [0.25, 0.3) is 22.0 Å². The molecular weight excluding hydrogens is 404 g/mol. The highest BCUT2D eigenvalue weighted by molar-refractivity contribution is 6.25. The molecule has 4 aromatic rings. The number of benzene rings is 3. The highest BCUT2D eigenvalue weighted by Crippen LogP contribution is 2.41. The zero-order valence-electron chi connectivity index (χ0n) is 16.5. The number of allylic oxidation sites excluding steroid dienone is 1. The number of nitrogens with zero attached hydrogens (tertiary/aromatic N) is 1. The zero-order chi connectivity index (χ0) is 21.8. The first-order valence-corrected chi connectivity index (χ1v) is 9.69. The molecule has 0 radical (unpaired) electrons. The molecule has 6 heteroatoms. The predicted molar refractivity (Wildman–Crippen MR) is 114 cm³/mol. The molecule has 154 valence electrons. The number of rotatable bonds is 2. The Hall–Kier alpha value is -3.67. The first-order chi connectivity index (χ1) is 14.8. The van der Waals surface area contributed by atoms with Crippen LogP contribution in [0.5, 0.6) is 0 Å². The van der Waals surface area contributed by atoms with Crippen LogP contribution in [-0.2, 0) is 6.18 Å². The van der Waals surface area contributed by atoms with E-state index in [1.165, 1.54) is 18.2 Å². The Labute approximate surface area is 175 Å². The number of H-pyrrole nitrogens is 1. The van der Waals surface area contributed by atoms with E-state index in [2.05, 4.69) is 4.98 Å². The minimum atomic E-state index is -4.41. The molecule has 1 aliphatic rings. The van der Waals surface area contributed by atoms with Crippen molar-refractivity contribution in [3.63, 3.8) is 0 Å². The molecule has 1 aliphatic heterocycles. The highest BCUT2D eigenvalue weighted by atomic mass is 19.4. The molecule has 1 N–H and O–H groups in total. The fourth-order valence-electron chi connectivity index (χ4n) is 4.15. The molecule has 0 saturated heterocycles. The SMILES string of the molecule is C[N+]1=C/C(=C(/c2ccc(C(F)(F)F)cc2)c2c[nH]c3c(F)cccc23)c2ccccc21. The number of hydrogen-bond donors (Lipinski definition) is 1. The summed E-state index contributed by atoms with van der Waals surface area (Å²) in [5, 5.41) is 0.669. The van der Waals surface area contributed by atoms with Crippen molar-refractivity contribution in [2.75, 3.05) is 7.05 Å². The molecule has 0 atom stereocenters. The lowest BCUT2D eigenvalue weighted by molar-refractivity contribution is -0.395. The van der Waals surface area contributed by atoms with Gasteiger partial charge in [-0.2, -0.15) is 13.2 Å². The number of aromatic nitrogens is 1. The van der Waals surface area contributed by atoms with Crippen molar-refractivity contribution < 1.29 is 22.1 Å². The monoisotopic (exact) mass is 421 g/mol. The zero-order valence-corrected chi connectivity index (χ0v) is 16.5. The average molecular weight is 421 g/mol. The molecule has 5 rings (SSSR count). The summed E-state index contributed by atoms with van der Waals surface area (Å²) in [5.41, 5.74) is 4.56. The molecule has 1 aromatic heterocycles. The second kappa shape index (κ2) is 6.94. The van der Waals surface area contributed by atoms with Crippen molar-refractivity contribution >= 4 is 34.0 Å². The average Bonchev–Trinajstić information content (AvgIpc) is 3.32. The summed E-state index contributed by atoms with van der Waals surface area (Å²) in [7, 11) is 1.92. The quantitative estimate of drug-likeness (QED) is 0.276. The molecule has 0 unspecified atom stereocenters. The van der Waals surface area contributed by atoms with Crippen molar-refractivity contribution in [3.8, 4) is 0 Å². The van der Waals surface area contributed by atoms with Crippen molar-refractivity contribution in [2.24, 2.45) is 0 Å². The van der Waals surface area contributed by atoms with Crippen LogP contribution in [0.15, 0.2) is 72.9 Å². The molecular formula is C25H17F4N2+. The number of aromatic amines is 1. The van der Waals surface area contributed by atoms with E-state index in [4.69, 9.17) is 0 Å². The lowest BCUT2D eigenvalue weighted by Gasteiger charge is -2.12. The summed E-state index contributed by atoms with van der Waals surface area (Å²) in [6.07, 6.45) is -0.750. The summed E-state index contributed by atoms with van der Waals surface area (Å²) in [6, 6.07) is 17.7. The number of para-hydroxylation sites is 2. The summed E-state index contributed by atoms with van der Waals surface area (Å²) < 4.78 is 55.7. The molecule has 2 heterocycles. The normalized spacial score (nSPS) is 15.2. The number of halogens is 4. The largest absolute Gasteiger partial charge is 0.416 e. The van der Waals surface area contributed by atoms with Gasteiger partial charge < -0.3 is 4.98 Å². The van der Waals surface area contributed by atoms with E-state index >= 15 is 0 Å². The molecule has 0 spiro atoms. The summed E-state index contributed by atoms with van der Waals surface area (Å²) in [5.74, 6) is -0.381. The fourth-order valence-corrected chi connectivity index (χ4v) is 4.15. The van der Waals surface area contributed by atoms with Gasteiger partial charge in [0.1, 0.15) is 12.9 Å². The first-order valence-electron chi connectivity index (χ1n) is 9.69. The number of hydrogen-bond acceptors (Lipinski definition) is 0. The van der Waals surface area contributed by atoms with Gasteiger partial charge in [-0.3, -0.25) is 0 Å². The second-order valence-corrected chi connectivity index (χ2v) is 7.49. The highest BCUT2D eigenvalue weighted by Gasteiger charge is 2.31. The molecule has 0 aliphatic carbocycles. The minimum Gasteiger partial charge on any atom is -0.358 e. The molecule has 0 fully saturated rings. The Morgan fingerprint density at radius 2 is 1.65 bits per heavy atom. The standard InChI is InChI=1S/C25H16F4N2/c1-31-14-20(17-5-2-3-8-22(17)31)23(15-9-11-16(12-10-15)25(27,28)29)19-13-30-24-18(19)6-4-7-21(24)26/h2-14H,1H3/p+1. The topological polar surface area (TPSA) is 18.8 Å². The number of alkyl halides is 3. The van der Waals surface area contributed by atoms with Crippen LogP contribution in [0.4, 0.5) is 23.2 Å². The molecule has 31 heavy (non-hydrogen) atoms. The van der Waals surface area contributed by atoms with E-state index in [0.717, 1.165) is 40.1 Å². The smallest absolute Gasteiger partial charge is 0.358 e. The third kappa shape index (κ3) is 3.15. The van der Waals surface area contributed by atoms with Crippen LogP contribution in [0.2, 0.25) is 0 Å². The van der Waals surface area contributed by atoms with E-state index in [1.807, 2.05) is 42.1 Å². The lowest BCUT2D eigenvalue weighted by Crippen LogP contribution is -2.04. The van der Waals surface area contributed by atoms with Gasteiger partial charge in [-0.25, -0.2) is 8.97 Å². The Kier molecular flexibility index (Phi) is 4.32. The number of fused-ring (bicyclic) bond motifs is 2. The molecule has 2 nitrogen and oxygen atoms in total. The lowest BCUT2D eigenvalue weighted by atomic mass is 9.89. The fraction of sp³-hybridized carbons (Fsp3) is 0.0800. The Morgan fingerprint density at radius 1 is 0.903 bits per heavy atom. The Morgan fingerprint density at radius 3 is 2.39 bits per heavy atom. The van der Waals surface area contributed by atoms with Gasteiger partial charge in [-0.1, -0.05) is 36.4 Å². The Bertz CT molecular complexity index is 1370. The van der Waals surface area contributed by atoms with Crippen LogP contribution in [0, 0.1) is 5.82 Å². The van der Waals surface area contributed by atoms with Gasteiger partial charge in [0.25, 0.3) is 0 Å². The predicted octanol–water partition coefficient (Wildman–Crippen LogP) is 6.64. The molecule has 3 aromatic carbocycles. The maximum absolute atomic E-state index is 14.3. The van der Waals surface area contributed by atoms with Crippen LogP contribution >= 0.6 is 0 Å². The minimum absolute atomic E-state index is 0.363. The van der Waals surface area contributed by atoms with E-state index in [-0.39, 0.29) is 5.82 Å². The van der Waals surface area contributed by atoms with E-state index in [1.54, 1.807) is 18.3 Å². The van der Waals surface area contributed by atoms with Crippen LogP contribution < -0.4 is 0 Å². The third-order valence-corrected chi connectivity index (χ3v) is 5.60. The van der Waals surface area contributed by atoms with E-state index in [0.29, 0.717) is 16.5 Å².